The Labute approximate surface area is 112 Å². The topological polar surface area (TPSA) is 35.5 Å². The maximum Gasteiger partial charge on any atom is 0.0771 e. The van der Waals surface area contributed by atoms with Gasteiger partial charge < -0.3 is 15.3 Å². The minimum Gasteiger partial charge on any atom is -0.389 e. The molecule has 2 N–H and O–H groups in total. The third kappa shape index (κ3) is 3.69. The molecule has 2 rings (SSSR count). The molecule has 1 aliphatic carbocycles. The molecule has 3 heteroatoms. The summed E-state index contributed by atoms with van der Waals surface area (Å²) in [6.45, 7) is 9.00. The second-order valence-electron chi connectivity index (χ2n) is 6.40. The zero-order valence-corrected chi connectivity index (χ0v) is 12.1. The highest BCUT2D eigenvalue weighted by molar-refractivity contribution is 4.89. The Bertz CT molecular complexity index is 251. The van der Waals surface area contributed by atoms with E-state index in [9.17, 15) is 5.11 Å². The number of hydrogen-bond acceptors (Lipinski definition) is 3. The molecule has 0 aromatic carbocycles. The Kier molecular flexibility index (Phi) is 5.05. The van der Waals surface area contributed by atoms with Gasteiger partial charge in [-0.2, -0.15) is 0 Å². The van der Waals surface area contributed by atoms with Crippen LogP contribution in [0.3, 0.4) is 0 Å². The summed E-state index contributed by atoms with van der Waals surface area (Å²) in [5.41, 5.74) is -0.409. The first-order chi connectivity index (χ1) is 8.63. The van der Waals surface area contributed by atoms with Crippen molar-refractivity contribution in [1.29, 1.82) is 0 Å². The van der Waals surface area contributed by atoms with Crippen molar-refractivity contribution in [3.05, 3.63) is 0 Å². The van der Waals surface area contributed by atoms with Gasteiger partial charge in [0.2, 0.25) is 0 Å². The molecule has 0 aromatic rings. The van der Waals surface area contributed by atoms with E-state index in [1.165, 1.54) is 45.3 Å². The molecular weight excluding hydrogens is 224 g/mol. The van der Waals surface area contributed by atoms with Crippen LogP contribution >= 0.6 is 0 Å². The van der Waals surface area contributed by atoms with Crippen molar-refractivity contribution in [2.75, 3.05) is 26.2 Å². The highest BCUT2D eigenvalue weighted by Crippen LogP contribution is 2.29. The van der Waals surface area contributed by atoms with E-state index in [0.717, 1.165) is 25.3 Å². The van der Waals surface area contributed by atoms with Gasteiger partial charge in [-0.1, -0.05) is 19.8 Å². The molecule has 1 saturated carbocycles. The van der Waals surface area contributed by atoms with Gasteiger partial charge in [-0.25, -0.2) is 0 Å². The molecule has 0 aromatic heterocycles. The molecule has 18 heavy (non-hydrogen) atoms. The number of piperidine rings is 1. The average Bonchev–Trinajstić information content (AvgIpc) is 2.83. The van der Waals surface area contributed by atoms with Crippen molar-refractivity contribution in [3.8, 4) is 0 Å². The first-order valence-electron chi connectivity index (χ1n) is 7.81. The fourth-order valence-corrected chi connectivity index (χ4v) is 3.51. The second-order valence-corrected chi connectivity index (χ2v) is 6.40. The van der Waals surface area contributed by atoms with Gasteiger partial charge >= 0.3 is 0 Å². The van der Waals surface area contributed by atoms with E-state index in [4.69, 9.17) is 0 Å². The maximum atomic E-state index is 10.4. The highest BCUT2D eigenvalue weighted by Gasteiger charge is 2.32. The predicted molar refractivity (Wildman–Crippen MR) is 75.7 cm³/mol. The van der Waals surface area contributed by atoms with Gasteiger partial charge in [0.05, 0.1) is 5.60 Å². The molecule has 3 nitrogen and oxygen atoms in total. The van der Waals surface area contributed by atoms with Gasteiger partial charge in [0.1, 0.15) is 0 Å². The molecule has 0 spiro atoms. The fourth-order valence-electron chi connectivity index (χ4n) is 3.51. The molecule has 2 atom stereocenters. The molecule has 1 heterocycles. The monoisotopic (exact) mass is 254 g/mol. The van der Waals surface area contributed by atoms with E-state index in [2.05, 4.69) is 24.1 Å². The maximum absolute atomic E-state index is 10.4. The molecular formula is C15H30N2O. The molecule has 2 unspecified atom stereocenters. The van der Waals surface area contributed by atoms with E-state index in [1.54, 1.807) is 0 Å². The van der Waals surface area contributed by atoms with Crippen LogP contribution in [0.1, 0.15) is 52.4 Å². The summed E-state index contributed by atoms with van der Waals surface area (Å²) in [4.78, 5) is 2.55. The van der Waals surface area contributed by atoms with Gasteiger partial charge in [0.15, 0.2) is 0 Å². The van der Waals surface area contributed by atoms with Crippen LogP contribution in [0.25, 0.3) is 0 Å². The van der Waals surface area contributed by atoms with Crippen LogP contribution in [-0.2, 0) is 0 Å². The van der Waals surface area contributed by atoms with E-state index in [0.29, 0.717) is 6.04 Å². The lowest BCUT2D eigenvalue weighted by Gasteiger charge is -2.36. The predicted octanol–water partition coefficient (Wildman–Crippen LogP) is 2.00. The number of hydrogen-bond donors (Lipinski definition) is 2. The summed E-state index contributed by atoms with van der Waals surface area (Å²) >= 11 is 0. The van der Waals surface area contributed by atoms with Crippen molar-refractivity contribution in [2.45, 2.75) is 64.0 Å². The van der Waals surface area contributed by atoms with Crippen molar-refractivity contribution in [3.63, 3.8) is 0 Å². The molecule has 106 valence electrons. The van der Waals surface area contributed by atoms with Crippen LogP contribution in [0.4, 0.5) is 0 Å². The standard InChI is InChI=1S/C15H30N2O/c1-3-17-10-6-7-14(11-17)13(2)16-12-15(18)8-4-5-9-15/h13-14,16,18H,3-12H2,1-2H3. The zero-order chi connectivity index (χ0) is 13.0. The molecule has 0 bridgehead atoms. The molecule has 1 aliphatic heterocycles. The van der Waals surface area contributed by atoms with Gasteiger partial charge in [-0.15, -0.1) is 0 Å². The molecule has 0 radical (unpaired) electrons. The summed E-state index contributed by atoms with van der Waals surface area (Å²) < 4.78 is 0. The third-order valence-electron chi connectivity index (χ3n) is 4.98. The van der Waals surface area contributed by atoms with Gasteiger partial charge in [-0.3, -0.25) is 0 Å². The second kappa shape index (κ2) is 6.36. The largest absolute Gasteiger partial charge is 0.389 e. The van der Waals surface area contributed by atoms with Crippen LogP contribution in [-0.4, -0.2) is 47.8 Å². The minimum atomic E-state index is -0.409. The first kappa shape index (κ1) is 14.3. The number of nitrogens with one attached hydrogen (secondary N) is 1. The zero-order valence-electron chi connectivity index (χ0n) is 12.1. The lowest BCUT2D eigenvalue weighted by molar-refractivity contribution is 0.0405. The van der Waals surface area contributed by atoms with E-state index in [-0.39, 0.29) is 0 Å². The minimum absolute atomic E-state index is 0.409. The smallest absolute Gasteiger partial charge is 0.0771 e. The van der Waals surface area contributed by atoms with Crippen molar-refractivity contribution < 1.29 is 5.11 Å². The van der Waals surface area contributed by atoms with Crippen molar-refractivity contribution in [2.24, 2.45) is 5.92 Å². The molecule has 2 fully saturated rings. The van der Waals surface area contributed by atoms with Crippen LogP contribution in [0.5, 0.6) is 0 Å². The summed E-state index contributed by atoms with van der Waals surface area (Å²) in [5.74, 6) is 0.753. The lowest BCUT2D eigenvalue weighted by Crippen LogP contribution is -2.48. The highest BCUT2D eigenvalue weighted by atomic mass is 16.3. The number of rotatable bonds is 5. The third-order valence-corrected chi connectivity index (χ3v) is 4.98. The van der Waals surface area contributed by atoms with Crippen LogP contribution in [0.15, 0.2) is 0 Å². The number of likely N-dealkylation sites (tertiary alicyclic amines) is 1. The number of nitrogens with zero attached hydrogens (tertiary/aromatic N) is 1. The lowest BCUT2D eigenvalue weighted by atomic mass is 9.91. The summed E-state index contributed by atoms with van der Waals surface area (Å²) in [5, 5.41) is 14.0. The summed E-state index contributed by atoms with van der Waals surface area (Å²) in [7, 11) is 0. The molecule has 1 saturated heterocycles. The Morgan fingerprint density at radius 1 is 1.33 bits per heavy atom. The average molecular weight is 254 g/mol. The Morgan fingerprint density at radius 3 is 2.72 bits per heavy atom. The van der Waals surface area contributed by atoms with Crippen LogP contribution in [0, 0.1) is 5.92 Å². The van der Waals surface area contributed by atoms with Gasteiger partial charge in [-0.05, 0) is 51.6 Å². The quantitative estimate of drug-likeness (QED) is 0.788. The van der Waals surface area contributed by atoms with E-state index in [1.807, 2.05) is 0 Å². The molecule has 2 aliphatic rings. The summed E-state index contributed by atoms with van der Waals surface area (Å²) in [6, 6.07) is 0.531. The number of aliphatic hydroxyl groups is 1. The summed E-state index contributed by atoms with van der Waals surface area (Å²) in [6.07, 6.45) is 7.02. The van der Waals surface area contributed by atoms with Gasteiger partial charge in [0.25, 0.3) is 0 Å². The fraction of sp³-hybridized carbons (Fsp3) is 1.00. The van der Waals surface area contributed by atoms with E-state index < -0.39 is 5.60 Å². The van der Waals surface area contributed by atoms with Gasteiger partial charge in [0, 0.05) is 19.1 Å². The normalized spacial score (nSPS) is 30.5. The van der Waals surface area contributed by atoms with E-state index >= 15 is 0 Å². The first-order valence-corrected chi connectivity index (χ1v) is 7.81. The van der Waals surface area contributed by atoms with Crippen molar-refractivity contribution >= 4 is 0 Å². The molecule has 0 amide bonds. The Morgan fingerprint density at radius 2 is 2.06 bits per heavy atom. The Balaban J connectivity index is 1.75. The SMILES string of the molecule is CCN1CCCC(C(C)NCC2(O)CCCC2)C1. The Hall–Kier alpha value is -0.120. The van der Waals surface area contributed by atoms with Crippen molar-refractivity contribution in [1.82, 2.24) is 10.2 Å². The van der Waals surface area contributed by atoms with Crippen LogP contribution in [0.2, 0.25) is 0 Å². The van der Waals surface area contributed by atoms with Crippen LogP contribution < -0.4 is 5.32 Å².